The van der Waals surface area contributed by atoms with Gasteiger partial charge in [-0.15, -0.1) is 0 Å². The summed E-state index contributed by atoms with van der Waals surface area (Å²) >= 11 is 0. The van der Waals surface area contributed by atoms with Gasteiger partial charge in [-0.25, -0.2) is 0 Å². The lowest BCUT2D eigenvalue weighted by Crippen LogP contribution is -2.53. The lowest BCUT2D eigenvalue weighted by atomic mass is 9.75. The summed E-state index contributed by atoms with van der Waals surface area (Å²) < 4.78 is 0. The molecule has 1 aliphatic heterocycles. The van der Waals surface area contributed by atoms with Crippen LogP contribution in [-0.2, 0) is 10.3 Å². The summed E-state index contributed by atoms with van der Waals surface area (Å²) in [5.74, 6) is 0.474. The van der Waals surface area contributed by atoms with E-state index < -0.39 is 13.6 Å². The minimum Gasteiger partial charge on any atom is -0.298 e. The molecule has 4 rings (SSSR count). The Morgan fingerprint density at radius 3 is 1.56 bits per heavy atom. The monoisotopic (exact) mass is 469 g/mol. The maximum absolute atomic E-state index is 14.1. The van der Waals surface area contributed by atoms with Crippen LogP contribution in [0, 0.1) is 0 Å². The van der Waals surface area contributed by atoms with Crippen LogP contribution in [0.4, 0.5) is 0 Å². The van der Waals surface area contributed by atoms with Crippen LogP contribution in [0.5, 0.6) is 0 Å². The number of carbonyl (C=O) groups is 1. The zero-order chi connectivity index (χ0) is 24.0. The fraction of sp³-hybridized carbons (Fsp3) is 0.387. The normalized spacial score (nSPS) is 17.1. The van der Waals surface area contributed by atoms with Crippen LogP contribution in [0.25, 0.3) is 0 Å². The van der Waals surface area contributed by atoms with Gasteiger partial charge in [-0.3, -0.25) is 9.69 Å². The van der Waals surface area contributed by atoms with Crippen LogP contribution in [0.1, 0.15) is 50.3 Å². The van der Waals surface area contributed by atoms with Gasteiger partial charge in [0.15, 0.2) is 0 Å². The predicted molar refractivity (Wildman–Crippen MR) is 146 cm³/mol. The Bertz CT molecular complexity index is 942. The van der Waals surface area contributed by atoms with E-state index in [9.17, 15) is 4.79 Å². The number of benzene rings is 3. The summed E-state index contributed by atoms with van der Waals surface area (Å²) in [5, 5.41) is 0. The van der Waals surface area contributed by atoms with Crippen molar-refractivity contribution >= 4 is 13.9 Å². The number of hydrogen-bond donors (Lipinski definition) is 0. The first-order valence-corrected chi connectivity index (χ1v) is 15.9. The Hall–Kier alpha value is -2.49. The maximum atomic E-state index is 14.1. The quantitative estimate of drug-likeness (QED) is 0.226. The van der Waals surface area contributed by atoms with E-state index in [4.69, 9.17) is 0 Å². The van der Waals surface area contributed by atoms with Gasteiger partial charge in [0, 0.05) is 12.6 Å². The standard InChI is InChI=1S/C31H39NOSi/c1-4-34(5-2,6-3)25-30(33)29-23-16-24-32(29)31(26-17-10-7-11-18-26,27-19-12-8-13-20-27)28-21-14-9-15-22-28/h7-15,17-22,29H,4-6,16,23-25H2,1-3H3/t29-/m0/s1. The van der Waals surface area contributed by atoms with Crippen LogP contribution >= 0.6 is 0 Å². The Balaban J connectivity index is 1.89. The van der Waals surface area contributed by atoms with E-state index in [1.807, 2.05) is 0 Å². The second-order valence-electron chi connectivity index (χ2n) is 9.86. The molecule has 3 aromatic rings. The number of Topliss-reactive ketones (excluding diaryl/α,β-unsaturated/α-hetero) is 1. The van der Waals surface area contributed by atoms with Gasteiger partial charge in [0.25, 0.3) is 0 Å². The number of hydrogen-bond acceptors (Lipinski definition) is 2. The molecule has 1 fully saturated rings. The molecule has 1 heterocycles. The van der Waals surface area contributed by atoms with Crippen LogP contribution in [-0.4, -0.2) is 31.3 Å². The third-order valence-electron chi connectivity index (χ3n) is 8.43. The van der Waals surface area contributed by atoms with Crippen LogP contribution in [0.3, 0.4) is 0 Å². The van der Waals surface area contributed by atoms with Crippen LogP contribution in [0.2, 0.25) is 24.2 Å². The molecule has 0 spiro atoms. The predicted octanol–water partition coefficient (Wildman–Crippen LogP) is 7.52. The molecule has 0 unspecified atom stereocenters. The largest absolute Gasteiger partial charge is 0.298 e. The minimum absolute atomic E-state index is 0.0443. The maximum Gasteiger partial charge on any atom is 0.147 e. The smallest absolute Gasteiger partial charge is 0.147 e. The van der Waals surface area contributed by atoms with Gasteiger partial charge in [0.2, 0.25) is 0 Å². The van der Waals surface area contributed by atoms with Crippen molar-refractivity contribution in [3.63, 3.8) is 0 Å². The highest BCUT2D eigenvalue weighted by Gasteiger charge is 2.49. The van der Waals surface area contributed by atoms with Gasteiger partial charge in [-0.1, -0.05) is 130 Å². The molecule has 1 aliphatic rings. The third-order valence-corrected chi connectivity index (χ3v) is 14.0. The van der Waals surface area contributed by atoms with Crippen LogP contribution in [0.15, 0.2) is 91.0 Å². The summed E-state index contributed by atoms with van der Waals surface area (Å²) in [6, 6.07) is 36.8. The highest BCUT2D eigenvalue weighted by Crippen LogP contribution is 2.46. The average molecular weight is 470 g/mol. The highest BCUT2D eigenvalue weighted by atomic mass is 28.3. The lowest BCUT2D eigenvalue weighted by Gasteiger charge is -2.46. The van der Waals surface area contributed by atoms with Crippen molar-refractivity contribution in [3.05, 3.63) is 108 Å². The van der Waals surface area contributed by atoms with Crippen molar-refractivity contribution < 1.29 is 4.79 Å². The van der Waals surface area contributed by atoms with Crippen molar-refractivity contribution in [1.29, 1.82) is 0 Å². The number of carbonyl (C=O) groups excluding carboxylic acids is 1. The Morgan fingerprint density at radius 2 is 1.18 bits per heavy atom. The summed E-state index contributed by atoms with van der Waals surface area (Å²) in [6.07, 6.45) is 2.01. The van der Waals surface area contributed by atoms with E-state index in [0.29, 0.717) is 5.78 Å². The molecule has 3 aromatic carbocycles. The van der Waals surface area contributed by atoms with Crippen molar-refractivity contribution in [2.75, 3.05) is 6.54 Å². The van der Waals surface area contributed by atoms with Gasteiger partial charge >= 0.3 is 0 Å². The second kappa shape index (κ2) is 10.8. The van der Waals surface area contributed by atoms with Crippen LogP contribution < -0.4 is 0 Å². The topological polar surface area (TPSA) is 20.3 Å². The third kappa shape index (κ3) is 4.44. The van der Waals surface area contributed by atoms with E-state index in [-0.39, 0.29) is 6.04 Å². The molecule has 2 nitrogen and oxygen atoms in total. The zero-order valence-electron chi connectivity index (χ0n) is 21.0. The first-order chi connectivity index (χ1) is 16.6. The number of ketones is 1. The van der Waals surface area contributed by atoms with Gasteiger partial charge in [-0.05, 0) is 29.5 Å². The van der Waals surface area contributed by atoms with Gasteiger partial charge in [0.05, 0.1) is 19.7 Å². The molecule has 0 aliphatic carbocycles. The molecule has 0 radical (unpaired) electrons. The molecule has 1 atom stereocenters. The molecule has 34 heavy (non-hydrogen) atoms. The molecule has 1 saturated heterocycles. The molecule has 0 aromatic heterocycles. The van der Waals surface area contributed by atoms with Crippen molar-refractivity contribution in [2.45, 2.75) is 69.4 Å². The number of rotatable bonds is 10. The molecule has 178 valence electrons. The zero-order valence-corrected chi connectivity index (χ0v) is 22.0. The van der Waals surface area contributed by atoms with Crippen molar-refractivity contribution in [3.8, 4) is 0 Å². The molecular weight excluding hydrogens is 430 g/mol. The lowest BCUT2D eigenvalue weighted by molar-refractivity contribution is -0.122. The Labute approximate surface area is 207 Å². The SMILES string of the molecule is CC[Si](CC)(CC)CC(=O)[C@@H]1CCCN1C(c1ccccc1)(c1ccccc1)c1ccccc1. The summed E-state index contributed by atoms with van der Waals surface area (Å²) in [5.41, 5.74) is 3.21. The Morgan fingerprint density at radius 1 is 0.765 bits per heavy atom. The Kier molecular flexibility index (Phi) is 7.85. The summed E-state index contributed by atoms with van der Waals surface area (Å²) in [6.45, 7) is 7.84. The molecule has 0 N–H and O–H groups in total. The number of nitrogens with zero attached hydrogens (tertiary/aromatic N) is 1. The summed E-state index contributed by atoms with van der Waals surface area (Å²) in [4.78, 5) is 16.6. The van der Waals surface area contributed by atoms with Crippen molar-refractivity contribution in [2.24, 2.45) is 0 Å². The van der Waals surface area contributed by atoms with E-state index in [2.05, 4.69) is 117 Å². The summed E-state index contributed by atoms with van der Waals surface area (Å²) in [7, 11) is -1.55. The van der Waals surface area contributed by atoms with E-state index in [0.717, 1.165) is 25.4 Å². The van der Waals surface area contributed by atoms with E-state index >= 15 is 0 Å². The first kappa shape index (κ1) is 24.6. The van der Waals surface area contributed by atoms with Crippen molar-refractivity contribution in [1.82, 2.24) is 4.90 Å². The molecular formula is C31H39NOSi. The minimum atomic E-state index is -1.55. The molecule has 3 heteroatoms. The number of likely N-dealkylation sites (tertiary alicyclic amines) is 1. The fourth-order valence-corrected chi connectivity index (χ4v) is 9.38. The van der Waals surface area contributed by atoms with Gasteiger partial charge in [-0.2, -0.15) is 0 Å². The van der Waals surface area contributed by atoms with E-state index in [1.54, 1.807) is 0 Å². The highest BCUT2D eigenvalue weighted by molar-refractivity contribution is 6.82. The fourth-order valence-electron chi connectivity index (χ4n) is 6.15. The average Bonchev–Trinajstić information content (AvgIpc) is 3.40. The van der Waals surface area contributed by atoms with Gasteiger partial charge in [0.1, 0.15) is 5.78 Å². The first-order valence-electron chi connectivity index (χ1n) is 13.1. The molecule has 0 bridgehead atoms. The van der Waals surface area contributed by atoms with Gasteiger partial charge < -0.3 is 0 Å². The second-order valence-corrected chi connectivity index (χ2v) is 15.3. The molecule has 0 amide bonds. The molecule has 0 saturated carbocycles. The van der Waals surface area contributed by atoms with E-state index in [1.165, 1.54) is 34.8 Å².